The molecule has 0 spiro atoms. The minimum absolute atomic E-state index is 0.0120. The summed E-state index contributed by atoms with van der Waals surface area (Å²) < 4.78 is 23.8. The fourth-order valence-corrected chi connectivity index (χ4v) is 4.34. The summed E-state index contributed by atoms with van der Waals surface area (Å²) in [6.07, 6.45) is 0. The summed E-state index contributed by atoms with van der Waals surface area (Å²) in [6.45, 7) is 1.72. The second-order valence-corrected chi connectivity index (χ2v) is 9.60. The van der Waals surface area contributed by atoms with E-state index in [1.165, 1.54) is 42.5 Å². The van der Waals surface area contributed by atoms with Gasteiger partial charge in [0.05, 0.1) is 28.3 Å². The molecule has 3 aromatic carbocycles. The van der Waals surface area contributed by atoms with Gasteiger partial charge in [0.1, 0.15) is 0 Å². The van der Waals surface area contributed by atoms with Gasteiger partial charge in [-0.05, 0) is 48.0 Å². The van der Waals surface area contributed by atoms with E-state index >= 15 is 0 Å². The van der Waals surface area contributed by atoms with Crippen molar-refractivity contribution >= 4 is 33.2 Å². The van der Waals surface area contributed by atoms with Crippen molar-refractivity contribution in [1.82, 2.24) is 4.90 Å². The van der Waals surface area contributed by atoms with Crippen LogP contribution in [-0.4, -0.2) is 36.8 Å². The smallest absolute Gasteiger partial charge is 0.261 e. The number of carbonyl (C=O) groups is 3. The fraction of sp³-hybridized carbons (Fsp3) is 0.125. The van der Waals surface area contributed by atoms with E-state index in [2.05, 4.69) is 5.32 Å². The van der Waals surface area contributed by atoms with Crippen molar-refractivity contribution < 1.29 is 22.8 Å². The molecule has 32 heavy (non-hydrogen) atoms. The lowest BCUT2D eigenvalue weighted by Crippen LogP contribution is -2.29. The lowest BCUT2D eigenvalue weighted by molar-refractivity contribution is 0.0642. The monoisotopic (exact) mass is 448 g/mol. The van der Waals surface area contributed by atoms with E-state index in [0.29, 0.717) is 5.69 Å². The zero-order valence-electron chi connectivity index (χ0n) is 17.2. The maximum absolute atomic E-state index is 12.8. The van der Waals surface area contributed by atoms with Crippen molar-refractivity contribution in [3.8, 4) is 0 Å². The number of carbonyl (C=O) groups excluding carboxylic acids is 3. The van der Waals surface area contributed by atoms with Crippen LogP contribution in [0.4, 0.5) is 5.69 Å². The second-order valence-electron chi connectivity index (χ2n) is 7.32. The molecule has 0 atom stereocenters. The topological polar surface area (TPSA) is 101 Å². The number of benzene rings is 3. The quantitative estimate of drug-likeness (QED) is 0.582. The van der Waals surface area contributed by atoms with Crippen LogP contribution in [0.15, 0.2) is 77.7 Å². The summed E-state index contributed by atoms with van der Waals surface area (Å²) in [7, 11) is -3.33. The zero-order chi connectivity index (χ0) is 22.9. The van der Waals surface area contributed by atoms with Gasteiger partial charge in [-0.15, -0.1) is 0 Å². The predicted molar refractivity (Wildman–Crippen MR) is 119 cm³/mol. The number of fused-ring (bicyclic) bond motifs is 1. The molecule has 3 aromatic rings. The molecule has 0 saturated heterocycles. The van der Waals surface area contributed by atoms with Crippen LogP contribution < -0.4 is 5.32 Å². The van der Waals surface area contributed by atoms with E-state index in [1.54, 1.807) is 6.92 Å². The number of hydrogen-bond donors (Lipinski definition) is 1. The number of imide groups is 1. The molecular formula is C24H20N2O5S. The van der Waals surface area contributed by atoms with Crippen LogP contribution in [0.5, 0.6) is 0 Å². The van der Waals surface area contributed by atoms with Gasteiger partial charge in [-0.3, -0.25) is 19.3 Å². The van der Waals surface area contributed by atoms with Crippen LogP contribution >= 0.6 is 0 Å². The van der Waals surface area contributed by atoms with Crippen molar-refractivity contribution in [3.05, 3.63) is 95.1 Å². The molecule has 4 rings (SSSR count). The predicted octanol–water partition coefficient (Wildman–Crippen LogP) is 3.53. The summed E-state index contributed by atoms with van der Waals surface area (Å²) in [4.78, 5) is 39.5. The molecule has 0 radical (unpaired) electrons. The standard InChI is InChI=1S/C24H20N2O5S/c1-2-32(30,31)19-11-9-18(10-12-19)25-22(27)17-8-13-20-21(14-17)24(29)26(23(20)28)15-16-6-4-3-5-7-16/h3-14H,2,15H2,1H3,(H,25,27). The third kappa shape index (κ3) is 4.04. The summed E-state index contributed by atoms with van der Waals surface area (Å²) in [5.74, 6) is -1.33. The Balaban J connectivity index is 1.52. The van der Waals surface area contributed by atoms with Crippen LogP contribution in [0.2, 0.25) is 0 Å². The SMILES string of the molecule is CCS(=O)(=O)c1ccc(NC(=O)c2ccc3c(c2)C(=O)N(Cc2ccccc2)C3=O)cc1. The van der Waals surface area contributed by atoms with Gasteiger partial charge >= 0.3 is 0 Å². The van der Waals surface area contributed by atoms with Gasteiger partial charge in [-0.1, -0.05) is 37.3 Å². The van der Waals surface area contributed by atoms with Gasteiger partial charge in [0.25, 0.3) is 17.7 Å². The zero-order valence-corrected chi connectivity index (χ0v) is 18.1. The minimum atomic E-state index is -3.33. The summed E-state index contributed by atoms with van der Waals surface area (Å²) in [5, 5.41) is 2.68. The van der Waals surface area contributed by atoms with Crippen LogP contribution in [0.1, 0.15) is 43.6 Å². The highest BCUT2D eigenvalue weighted by Crippen LogP contribution is 2.26. The number of nitrogens with zero attached hydrogens (tertiary/aromatic N) is 1. The van der Waals surface area contributed by atoms with Crippen molar-refractivity contribution in [2.45, 2.75) is 18.4 Å². The number of amides is 3. The van der Waals surface area contributed by atoms with Crippen LogP contribution in [0.25, 0.3) is 0 Å². The molecule has 1 aliphatic rings. The molecule has 1 heterocycles. The van der Waals surface area contributed by atoms with Crippen molar-refractivity contribution in [3.63, 3.8) is 0 Å². The average molecular weight is 449 g/mol. The van der Waals surface area contributed by atoms with E-state index in [1.807, 2.05) is 30.3 Å². The maximum Gasteiger partial charge on any atom is 0.261 e. The van der Waals surface area contributed by atoms with Gasteiger partial charge in [-0.25, -0.2) is 8.42 Å². The summed E-state index contributed by atoms with van der Waals surface area (Å²) in [5.41, 5.74) is 1.91. The number of rotatable bonds is 6. The van der Waals surface area contributed by atoms with E-state index in [0.717, 1.165) is 10.5 Å². The van der Waals surface area contributed by atoms with E-state index in [9.17, 15) is 22.8 Å². The van der Waals surface area contributed by atoms with E-state index in [-0.39, 0.29) is 33.9 Å². The third-order valence-corrected chi connectivity index (χ3v) is 7.02. The Hall–Kier alpha value is -3.78. The first kappa shape index (κ1) is 21.5. The Morgan fingerprint density at radius 2 is 1.53 bits per heavy atom. The van der Waals surface area contributed by atoms with Crippen molar-refractivity contribution in [2.24, 2.45) is 0 Å². The molecule has 1 aliphatic heterocycles. The Kier molecular flexibility index (Phi) is 5.63. The number of sulfone groups is 1. The van der Waals surface area contributed by atoms with Gasteiger partial charge < -0.3 is 5.32 Å². The first-order valence-corrected chi connectivity index (χ1v) is 11.6. The molecule has 1 N–H and O–H groups in total. The van der Waals surface area contributed by atoms with E-state index in [4.69, 9.17) is 0 Å². The lowest BCUT2D eigenvalue weighted by atomic mass is 10.1. The molecule has 0 saturated carbocycles. The van der Waals surface area contributed by atoms with Crippen LogP contribution in [0.3, 0.4) is 0 Å². The van der Waals surface area contributed by atoms with Crippen LogP contribution in [-0.2, 0) is 16.4 Å². The highest BCUT2D eigenvalue weighted by molar-refractivity contribution is 7.91. The first-order chi connectivity index (χ1) is 15.3. The second kappa shape index (κ2) is 8.39. The molecule has 0 fully saturated rings. The van der Waals surface area contributed by atoms with E-state index < -0.39 is 27.6 Å². The molecule has 0 unspecified atom stereocenters. The average Bonchev–Trinajstić information content (AvgIpc) is 3.04. The summed E-state index contributed by atoms with van der Waals surface area (Å²) >= 11 is 0. The molecule has 0 bridgehead atoms. The molecule has 8 heteroatoms. The molecule has 3 amide bonds. The number of hydrogen-bond acceptors (Lipinski definition) is 5. The Morgan fingerprint density at radius 3 is 2.19 bits per heavy atom. The molecule has 0 aromatic heterocycles. The third-order valence-electron chi connectivity index (χ3n) is 5.27. The first-order valence-electron chi connectivity index (χ1n) is 9.98. The minimum Gasteiger partial charge on any atom is -0.322 e. The van der Waals surface area contributed by atoms with Gasteiger partial charge in [0.15, 0.2) is 9.84 Å². The van der Waals surface area contributed by atoms with Crippen LogP contribution in [0, 0.1) is 0 Å². The molecule has 162 valence electrons. The summed E-state index contributed by atoms with van der Waals surface area (Å²) in [6, 6.07) is 19.4. The lowest BCUT2D eigenvalue weighted by Gasteiger charge is -2.13. The van der Waals surface area contributed by atoms with Crippen molar-refractivity contribution in [2.75, 3.05) is 11.1 Å². The Morgan fingerprint density at radius 1 is 0.875 bits per heavy atom. The highest BCUT2D eigenvalue weighted by Gasteiger charge is 2.36. The highest BCUT2D eigenvalue weighted by atomic mass is 32.2. The van der Waals surface area contributed by atoms with Gasteiger partial charge in [0, 0.05) is 11.3 Å². The number of nitrogens with one attached hydrogen (secondary N) is 1. The normalized spacial score (nSPS) is 13.2. The largest absolute Gasteiger partial charge is 0.322 e. The van der Waals surface area contributed by atoms with Gasteiger partial charge in [0.2, 0.25) is 0 Å². The van der Waals surface area contributed by atoms with Gasteiger partial charge in [-0.2, -0.15) is 0 Å². The molecule has 7 nitrogen and oxygen atoms in total. The number of anilines is 1. The fourth-order valence-electron chi connectivity index (χ4n) is 3.46. The Bertz CT molecular complexity index is 1320. The maximum atomic E-state index is 12.8. The Labute approximate surface area is 185 Å². The molecular weight excluding hydrogens is 428 g/mol. The molecule has 0 aliphatic carbocycles. The van der Waals surface area contributed by atoms with Crippen molar-refractivity contribution in [1.29, 1.82) is 0 Å².